The van der Waals surface area contributed by atoms with Crippen molar-refractivity contribution in [1.29, 1.82) is 0 Å². The van der Waals surface area contributed by atoms with E-state index in [-0.39, 0.29) is 5.54 Å². The zero-order chi connectivity index (χ0) is 15.0. The van der Waals surface area contributed by atoms with Crippen LogP contribution < -0.4 is 5.32 Å². The van der Waals surface area contributed by atoms with Crippen LogP contribution in [0, 0.1) is 18.3 Å². The third kappa shape index (κ3) is 4.33. The fraction of sp³-hybridized carbons (Fsp3) is 0.778. The molecule has 1 fully saturated rings. The lowest BCUT2D eigenvalue weighted by molar-refractivity contribution is 0.154. The third-order valence-corrected chi connectivity index (χ3v) is 5.49. The van der Waals surface area contributed by atoms with Gasteiger partial charge in [-0.1, -0.05) is 13.8 Å². The molecule has 1 aromatic rings. The summed E-state index contributed by atoms with van der Waals surface area (Å²) >= 11 is 1.90. The lowest BCUT2D eigenvalue weighted by Crippen LogP contribution is -2.42. The van der Waals surface area contributed by atoms with E-state index in [1.165, 1.54) is 24.1 Å². The molecular weight excluding hydrogens is 262 g/mol. The predicted molar refractivity (Wildman–Crippen MR) is 90.7 cm³/mol. The van der Waals surface area contributed by atoms with Crippen LogP contribution in [-0.2, 0) is 0 Å². The van der Waals surface area contributed by atoms with E-state index in [0.29, 0.717) is 5.41 Å². The first-order valence-electron chi connectivity index (χ1n) is 7.96. The normalized spacial score (nSPS) is 26.7. The van der Waals surface area contributed by atoms with Crippen molar-refractivity contribution in [3.8, 4) is 0 Å². The fourth-order valence-corrected chi connectivity index (χ4v) is 4.14. The van der Waals surface area contributed by atoms with Crippen LogP contribution in [0.25, 0.3) is 0 Å². The van der Waals surface area contributed by atoms with Gasteiger partial charge in [0.15, 0.2) is 0 Å². The molecule has 2 atom stereocenters. The van der Waals surface area contributed by atoms with Crippen LogP contribution in [-0.4, -0.2) is 12.1 Å². The molecule has 0 spiro atoms. The third-order valence-electron chi connectivity index (χ3n) is 4.61. The zero-order valence-electron chi connectivity index (χ0n) is 14.0. The standard InChI is InChI=1S/C18H31NS/c1-13-9-15(12-20-13)16-10-18(5,6)8-7-14(16)11-19-17(2,3)4/h9,12,14,16,19H,7-8,10-11H2,1-6H3. The van der Waals surface area contributed by atoms with E-state index in [4.69, 9.17) is 0 Å². The molecule has 1 aromatic heterocycles. The summed E-state index contributed by atoms with van der Waals surface area (Å²) in [5.74, 6) is 1.52. The number of thiophene rings is 1. The first-order chi connectivity index (χ1) is 9.16. The summed E-state index contributed by atoms with van der Waals surface area (Å²) in [5, 5.41) is 6.12. The van der Waals surface area contributed by atoms with Crippen LogP contribution in [0.2, 0.25) is 0 Å². The molecule has 0 amide bonds. The van der Waals surface area contributed by atoms with Gasteiger partial charge in [0, 0.05) is 10.4 Å². The predicted octanol–water partition coefficient (Wildman–Crippen LogP) is 5.35. The second-order valence-electron chi connectivity index (χ2n) is 8.40. The van der Waals surface area contributed by atoms with E-state index in [0.717, 1.165) is 18.4 Å². The van der Waals surface area contributed by atoms with Gasteiger partial charge in [0.25, 0.3) is 0 Å². The number of hydrogen-bond acceptors (Lipinski definition) is 2. The molecule has 1 heterocycles. The highest BCUT2D eigenvalue weighted by Gasteiger charge is 2.36. The Hall–Kier alpha value is -0.340. The monoisotopic (exact) mass is 293 g/mol. The van der Waals surface area contributed by atoms with Crippen LogP contribution in [0.5, 0.6) is 0 Å². The van der Waals surface area contributed by atoms with Crippen LogP contribution in [0.1, 0.15) is 70.2 Å². The van der Waals surface area contributed by atoms with E-state index >= 15 is 0 Å². The van der Waals surface area contributed by atoms with E-state index in [9.17, 15) is 0 Å². The molecule has 1 saturated carbocycles. The van der Waals surface area contributed by atoms with Crippen molar-refractivity contribution < 1.29 is 0 Å². The van der Waals surface area contributed by atoms with Crippen molar-refractivity contribution in [2.24, 2.45) is 11.3 Å². The maximum atomic E-state index is 3.73. The summed E-state index contributed by atoms with van der Waals surface area (Å²) in [7, 11) is 0. The molecule has 0 radical (unpaired) electrons. The highest BCUT2D eigenvalue weighted by atomic mass is 32.1. The maximum absolute atomic E-state index is 3.73. The van der Waals surface area contributed by atoms with Gasteiger partial charge in [0.05, 0.1) is 0 Å². The van der Waals surface area contributed by atoms with E-state index in [2.05, 4.69) is 58.3 Å². The highest BCUT2D eigenvalue weighted by molar-refractivity contribution is 7.10. The largest absolute Gasteiger partial charge is 0.312 e. The quantitative estimate of drug-likeness (QED) is 0.791. The number of hydrogen-bond donors (Lipinski definition) is 1. The van der Waals surface area contributed by atoms with Crippen molar-refractivity contribution in [3.63, 3.8) is 0 Å². The minimum atomic E-state index is 0.224. The van der Waals surface area contributed by atoms with Gasteiger partial charge < -0.3 is 5.32 Å². The zero-order valence-corrected chi connectivity index (χ0v) is 14.9. The maximum Gasteiger partial charge on any atom is 0.00966 e. The Morgan fingerprint density at radius 2 is 2.05 bits per heavy atom. The Labute approximate surface area is 129 Å². The van der Waals surface area contributed by atoms with Crippen molar-refractivity contribution in [1.82, 2.24) is 5.32 Å². The summed E-state index contributed by atoms with van der Waals surface area (Å²) in [4.78, 5) is 1.45. The minimum Gasteiger partial charge on any atom is -0.312 e. The molecule has 1 N–H and O–H groups in total. The Bertz CT molecular complexity index is 439. The minimum absolute atomic E-state index is 0.224. The topological polar surface area (TPSA) is 12.0 Å². The van der Waals surface area contributed by atoms with Gasteiger partial charge in [-0.25, -0.2) is 0 Å². The average Bonchev–Trinajstić information content (AvgIpc) is 2.72. The Morgan fingerprint density at radius 1 is 1.35 bits per heavy atom. The molecule has 20 heavy (non-hydrogen) atoms. The van der Waals surface area contributed by atoms with Gasteiger partial charge in [-0.15, -0.1) is 11.3 Å². The SMILES string of the molecule is Cc1cc(C2CC(C)(C)CCC2CNC(C)(C)C)cs1. The van der Waals surface area contributed by atoms with Crippen molar-refractivity contribution >= 4 is 11.3 Å². The van der Waals surface area contributed by atoms with E-state index in [1.54, 1.807) is 5.56 Å². The van der Waals surface area contributed by atoms with Gasteiger partial charge in [-0.3, -0.25) is 0 Å². The smallest absolute Gasteiger partial charge is 0.00966 e. The molecule has 0 aliphatic heterocycles. The molecule has 114 valence electrons. The summed E-state index contributed by atoms with van der Waals surface area (Å²) in [6, 6.07) is 2.42. The number of aryl methyl sites for hydroxylation is 1. The summed E-state index contributed by atoms with van der Waals surface area (Å²) in [6.07, 6.45) is 4.05. The summed E-state index contributed by atoms with van der Waals surface area (Å²) in [6.45, 7) is 15.1. The lowest BCUT2D eigenvalue weighted by Gasteiger charge is -2.42. The van der Waals surface area contributed by atoms with Gasteiger partial charge >= 0.3 is 0 Å². The van der Waals surface area contributed by atoms with Crippen LogP contribution in [0.4, 0.5) is 0 Å². The van der Waals surface area contributed by atoms with Crippen molar-refractivity contribution in [2.45, 2.75) is 72.3 Å². The van der Waals surface area contributed by atoms with Gasteiger partial charge in [-0.05, 0) is 87.8 Å². The molecule has 1 nitrogen and oxygen atoms in total. The average molecular weight is 294 g/mol. The Morgan fingerprint density at radius 3 is 2.60 bits per heavy atom. The lowest BCUT2D eigenvalue weighted by atomic mass is 9.65. The number of nitrogens with one attached hydrogen (secondary N) is 1. The first-order valence-corrected chi connectivity index (χ1v) is 8.84. The van der Waals surface area contributed by atoms with Gasteiger partial charge in [-0.2, -0.15) is 0 Å². The molecule has 0 aromatic carbocycles. The molecule has 0 saturated heterocycles. The Kier molecular flexibility index (Phi) is 4.66. The van der Waals surface area contributed by atoms with Gasteiger partial charge in [0.1, 0.15) is 0 Å². The summed E-state index contributed by atoms with van der Waals surface area (Å²) in [5.41, 5.74) is 2.31. The van der Waals surface area contributed by atoms with Crippen LogP contribution >= 0.6 is 11.3 Å². The molecule has 2 unspecified atom stereocenters. The fourth-order valence-electron chi connectivity index (χ4n) is 3.37. The molecule has 0 bridgehead atoms. The molecular formula is C18H31NS. The van der Waals surface area contributed by atoms with E-state index in [1.807, 2.05) is 11.3 Å². The Balaban J connectivity index is 2.12. The van der Waals surface area contributed by atoms with Crippen molar-refractivity contribution in [3.05, 3.63) is 21.9 Å². The van der Waals surface area contributed by atoms with Crippen LogP contribution in [0.3, 0.4) is 0 Å². The molecule has 2 heteroatoms. The molecule has 1 aliphatic rings. The summed E-state index contributed by atoms with van der Waals surface area (Å²) < 4.78 is 0. The highest BCUT2D eigenvalue weighted by Crippen LogP contribution is 2.47. The molecule has 1 aliphatic carbocycles. The second kappa shape index (κ2) is 5.81. The van der Waals surface area contributed by atoms with Gasteiger partial charge in [0.2, 0.25) is 0 Å². The number of rotatable bonds is 3. The van der Waals surface area contributed by atoms with Crippen molar-refractivity contribution in [2.75, 3.05) is 6.54 Å². The molecule has 2 rings (SSSR count). The van der Waals surface area contributed by atoms with Crippen LogP contribution in [0.15, 0.2) is 11.4 Å². The second-order valence-corrected chi connectivity index (χ2v) is 9.51. The first kappa shape index (κ1) is 16.0. The van der Waals surface area contributed by atoms with E-state index < -0.39 is 0 Å².